The van der Waals surface area contributed by atoms with Crippen molar-refractivity contribution in [3.8, 4) is 0 Å². The van der Waals surface area contributed by atoms with Gasteiger partial charge in [0.05, 0.1) is 23.3 Å². The first-order valence-corrected chi connectivity index (χ1v) is 11.8. The van der Waals surface area contributed by atoms with Gasteiger partial charge in [0.15, 0.2) is 0 Å². The minimum atomic E-state index is -4.87. The van der Waals surface area contributed by atoms with Crippen LogP contribution in [0.4, 0.5) is 30.7 Å². The molecule has 11 heteroatoms. The minimum Gasteiger partial charge on any atom is -0.392 e. The van der Waals surface area contributed by atoms with E-state index in [0.717, 1.165) is 19.3 Å². The smallest absolute Gasteiger partial charge is 0.392 e. The van der Waals surface area contributed by atoms with Crippen LogP contribution in [-0.2, 0) is 23.8 Å². The number of hydrogen-bond acceptors (Lipinski definition) is 3. The Morgan fingerprint density at radius 3 is 2.03 bits per heavy atom. The average molecular weight is 535 g/mol. The maximum absolute atomic E-state index is 13.1. The number of carbonyl (C=O) groups excluding carboxylic acids is 1. The number of hydrogen-bond donors (Lipinski definition) is 3. The molecular weight excluding hydrogens is 505 g/mol. The first-order chi connectivity index (χ1) is 17.2. The molecule has 2 aliphatic rings. The summed E-state index contributed by atoms with van der Waals surface area (Å²) in [6.07, 6.45) is -5.48. The van der Waals surface area contributed by atoms with Crippen LogP contribution in [0.5, 0.6) is 0 Å². The second-order valence-electron chi connectivity index (χ2n) is 9.69. The van der Waals surface area contributed by atoms with E-state index in [0.29, 0.717) is 24.0 Å². The van der Waals surface area contributed by atoms with Crippen LogP contribution in [0.2, 0.25) is 0 Å². The summed E-state index contributed by atoms with van der Waals surface area (Å²) in [4.78, 5) is 12.2. The van der Waals surface area contributed by atoms with Gasteiger partial charge in [0.25, 0.3) is 0 Å². The molecule has 2 aromatic rings. The van der Waals surface area contributed by atoms with Gasteiger partial charge in [-0.3, -0.25) is 4.79 Å². The number of amides is 1. The van der Waals surface area contributed by atoms with Gasteiger partial charge in [0, 0.05) is 6.04 Å². The van der Waals surface area contributed by atoms with Gasteiger partial charge in [-0.15, -0.1) is 0 Å². The second kappa shape index (κ2) is 11.0. The van der Waals surface area contributed by atoms with E-state index < -0.39 is 41.2 Å². The van der Waals surface area contributed by atoms with Gasteiger partial charge in [0.2, 0.25) is 5.91 Å². The van der Waals surface area contributed by atoms with Crippen molar-refractivity contribution in [3.63, 3.8) is 0 Å². The summed E-state index contributed by atoms with van der Waals surface area (Å²) in [6.45, 7) is 1.08. The topological polar surface area (TPSA) is 61.4 Å². The highest BCUT2D eigenvalue weighted by atomic mass is 19.4. The number of halogens is 7. The van der Waals surface area contributed by atoms with Crippen molar-refractivity contribution >= 4 is 5.91 Å². The molecule has 1 heterocycles. The number of alkyl halides is 6. The standard InChI is InChI=1S/C17H23FN2O.C9H6F6O/c1-17(19-2)10-15(20-16(17)21)14-5-3-4-13(14)11-6-8-12(18)9-7-11;10-8(11,12)6-1-5(4-16)2-7(3-6)9(13,14)15/h6-9,13-15,19H,3-5,10H2,1-2H3,(H,20,21);1-3,16H,4H2/t13?,14?,15-,17-;/m1./s1. The summed E-state index contributed by atoms with van der Waals surface area (Å²) in [6, 6.07) is 8.06. The molecule has 3 N–H and O–H groups in total. The second-order valence-corrected chi connectivity index (χ2v) is 9.69. The van der Waals surface area contributed by atoms with E-state index >= 15 is 0 Å². The highest BCUT2D eigenvalue weighted by Gasteiger charge is 2.47. The lowest BCUT2D eigenvalue weighted by Crippen LogP contribution is -2.46. The van der Waals surface area contributed by atoms with Gasteiger partial charge in [-0.2, -0.15) is 26.3 Å². The van der Waals surface area contributed by atoms with Crippen molar-refractivity contribution in [2.45, 2.75) is 69.1 Å². The fourth-order valence-corrected chi connectivity index (χ4v) is 5.09. The third-order valence-electron chi connectivity index (χ3n) is 7.21. The van der Waals surface area contributed by atoms with Crippen molar-refractivity contribution < 1.29 is 40.6 Å². The number of aliphatic hydroxyl groups is 1. The van der Waals surface area contributed by atoms with Gasteiger partial charge >= 0.3 is 12.4 Å². The molecule has 1 aliphatic heterocycles. The molecule has 2 fully saturated rings. The van der Waals surface area contributed by atoms with Crippen LogP contribution in [0.1, 0.15) is 60.8 Å². The molecule has 204 valence electrons. The van der Waals surface area contributed by atoms with Crippen LogP contribution >= 0.6 is 0 Å². The SMILES string of the molecule is CN[C@]1(C)C[C@H](C2CCCC2c2ccc(F)cc2)NC1=O.OCc1cc(C(F)(F)F)cc(C(F)(F)F)c1. The molecular formula is C26H29F7N2O2. The van der Waals surface area contributed by atoms with Crippen LogP contribution in [0.3, 0.4) is 0 Å². The number of rotatable bonds is 4. The monoisotopic (exact) mass is 534 g/mol. The zero-order valence-corrected chi connectivity index (χ0v) is 20.3. The van der Waals surface area contributed by atoms with Gasteiger partial charge in [0.1, 0.15) is 5.82 Å². The van der Waals surface area contributed by atoms with Gasteiger partial charge in [-0.1, -0.05) is 18.6 Å². The summed E-state index contributed by atoms with van der Waals surface area (Å²) < 4.78 is 86.4. The molecule has 2 unspecified atom stereocenters. The third kappa shape index (κ3) is 6.81. The summed E-state index contributed by atoms with van der Waals surface area (Å²) >= 11 is 0. The van der Waals surface area contributed by atoms with E-state index in [4.69, 9.17) is 5.11 Å². The summed E-state index contributed by atoms with van der Waals surface area (Å²) in [5.41, 5.74) is -2.54. The predicted molar refractivity (Wildman–Crippen MR) is 123 cm³/mol. The Bertz CT molecular complexity index is 1050. The van der Waals surface area contributed by atoms with E-state index in [1.807, 2.05) is 26.1 Å². The highest BCUT2D eigenvalue weighted by Crippen LogP contribution is 2.44. The minimum absolute atomic E-state index is 0.0131. The van der Waals surface area contributed by atoms with Crippen LogP contribution in [0.15, 0.2) is 42.5 Å². The maximum Gasteiger partial charge on any atom is 0.416 e. The molecule has 0 spiro atoms. The average Bonchev–Trinajstić information content (AvgIpc) is 3.43. The number of likely N-dealkylation sites (N-methyl/N-ethyl adjacent to an activating group) is 1. The molecule has 1 saturated heterocycles. The van der Waals surface area contributed by atoms with Crippen molar-refractivity contribution in [2.24, 2.45) is 5.92 Å². The normalized spacial score (nSPS) is 26.0. The molecule has 0 aromatic heterocycles. The molecule has 37 heavy (non-hydrogen) atoms. The van der Waals surface area contributed by atoms with Crippen molar-refractivity contribution in [1.29, 1.82) is 0 Å². The molecule has 4 atom stereocenters. The van der Waals surface area contributed by atoms with Gasteiger partial charge < -0.3 is 15.7 Å². The maximum atomic E-state index is 13.1. The Kier molecular flexibility index (Phi) is 8.58. The van der Waals surface area contributed by atoms with E-state index in [-0.39, 0.29) is 23.8 Å². The van der Waals surface area contributed by atoms with E-state index in [1.54, 1.807) is 0 Å². The Hall–Kier alpha value is -2.66. The highest BCUT2D eigenvalue weighted by molar-refractivity contribution is 5.88. The number of benzene rings is 2. The third-order valence-corrected chi connectivity index (χ3v) is 7.21. The van der Waals surface area contributed by atoms with Crippen LogP contribution < -0.4 is 10.6 Å². The number of aliphatic hydroxyl groups excluding tert-OH is 1. The first kappa shape index (κ1) is 28.9. The summed E-state index contributed by atoms with van der Waals surface area (Å²) in [7, 11) is 1.84. The van der Waals surface area contributed by atoms with Crippen molar-refractivity contribution in [3.05, 3.63) is 70.5 Å². The quantitative estimate of drug-likeness (QED) is 0.435. The van der Waals surface area contributed by atoms with E-state index in [1.165, 1.54) is 24.1 Å². The lowest BCUT2D eigenvalue weighted by Gasteiger charge is -2.27. The number of carbonyl (C=O) groups is 1. The molecule has 0 radical (unpaired) electrons. The largest absolute Gasteiger partial charge is 0.416 e. The van der Waals surface area contributed by atoms with Crippen molar-refractivity contribution in [1.82, 2.24) is 10.6 Å². The van der Waals surface area contributed by atoms with Crippen LogP contribution in [-0.4, -0.2) is 29.6 Å². The summed E-state index contributed by atoms with van der Waals surface area (Å²) in [5.74, 6) is 0.787. The first-order valence-electron chi connectivity index (χ1n) is 11.8. The van der Waals surface area contributed by atoms with Gasteiger partial charge in [-0.25, -0.2) is 4.39 Å². The van der Waals surface area contributed by atoms with Gasteiger partial charge in [-0.05, 0) is 86.5 Å². The van der Waals surface area contributed by atoms with Crippen LogP contribution in [0.25, 0.3) is 0 Å². The van der Waals surface area contributed by atoms with Crippen LogP contribution in [0, 0.1) is 11.7 Å². The molecule has 1 aliphatic carbocycles. The van der Waals surface area contributed by atoms with E-state index in [2.05, 4.69) is 10.6 Å². The zero-order valence-electron chi connectivity index (χ0n) is 20.3. The molecule has 1 saturated carbocycles. The lowest BCUT2D eigenvalue weighted by atomic mass is 9.81. The molecule has 2 aromatic carbocycles. The molecule has 1 amide bonds. The number of nitrogens with one attached hydrogen (secondary N) is 2. The van der Waals surface area contributed by atoms with E-state index in [9.17, 15) is 35.5 Å². The lowest BCUT2D eigenvalue weighted by molar-refractivity contribution is -0.143. The fraction of sp³-hybridized carbons (Fsp3) is 0.500. The van der Waals surface area contributed by atoms with Crippen molar-refractivity contribution in [2.75, 3.05) is 7.05 Å². The molecule has 4 rings (SSSR count). The summed E-state index contributed by atoms with van der Waals surface area (Å²) in [5, 5.41) is 14.9. The fourth-order valence-electron chi connectivity index (χ4n) is 5.09. The predicted octanol–water partition coefficient (Wildman–Crippen LogP) is 5.79. The Labute approximate surface area is 210 Å². The molecule has 0 bridgehead atoms. The Morgan fingerprint density at radius 2 is 1.57 bits per heavy atom. The Balaban J connectivity index is 0.000000214. The Morgan fingerprint density at radius 1 is 1.00 bits per heavy atom. The zero-order chi connectivity index (χ0) is 27.6. The molecule has 4 nitrogen and oxygen atoms in total.